The summed E-state index contributed by atoms with van der Waals surface area (Å²) in [5.41, 5.74) is 0.458. The fourth-order valence-electron chi connectivity index (χ4n) is 5.03. The first-order valence-electron chi connectivity index (χ1n) is 7.25. The molecule has 6 atom stereocenters. The molecule has 0 radical (unpaired) electrons. The molecule has 0 unspecified atom stereocenters. The van der Waals surface area contributed by atoms with Crippen LogP contribution in [0.5, 0.6) is 0 Å². The van der Waals surface area contributed by atoms with Gasteiger partial charge in [0.2, 0.25) is 0 Å². The third-order valence-electron chi connectivity index (χ3n) is 6.44. The summed E-state index contributed by atoms with van der Waals surface area (Å²) in [5, 5.41) is 20.5. The molecule has 4 rings (SSSR count). The molecule has 1 saturated carbocycles. The van der Waals surface area contributed by atoms with E-state index in [0.29, 0.717) is 13.0 Å². The van der Waals surface area contributed by atoms with Gasteiger partial charge in [0.25, 0.3) is 0 Å². The Bertz CT molecular complexity index is 455. The third-order valence-corrected chi connectivity index (χ3v) is 6.44. The van der Waals surface area contributed by atoms with E-state index < -0.39 is 6.10 Å². The Balaban J connectivity index is 1.87. The van der Waals surface area contributed by atoms with Crippen LogP contribution in [0.15, 0.2) is 11.6 Å². The van der Waals surface area contributed by atoms with E-state index in [-0.39, 0.29) is 35.2 Å². The van der Waals surface area contributed by atoms with Crippen LogP contribution < -0.4 is 0 Å². The number of aliphatic hydroxyl groups is 2. The van der Waals surface area contributed by atoms with Crippen molar-refractivity contribution in [3.05, 3.63) is 11.6 Å². The smallest absolute Gasteiger partial charge is 0.126 e. The van der Waals surface area contributed by atoms with Crippen molar-refractivity contribution in [1.82, 2.24) is 0 Å². The summed E-state index contributed by atoms with van der Waals surface area (Å²) in [4.78, 5) is 0. The average Bonchev–Trinajstić information content (AvgIpc) is 3.13. The molecule has 2 bridgehead atoms. The van der Waals surface area contributed by atoms with Gasteiger partial charge in [0, 0.05) is 10.8 Å². The van der Waals surface area contributed by atoms with Crippen LogP contribution in [-0.4, -0.2) is 47.3 Å². The van der Waals surface area contributed by atoms with Gasteiger partial charge < -0.3 is 19.7 Å². The van der Waals surface area contributed by atoms with Crippen molar-refractivity contribution in [1.29, 1.82) is 0 Å². The first-order valence-corrected chi connectivity index (χ1v) is 7.25. The van der Waals surface area contributed by atoms with Crippen molar-refractivity contribution in [3.63, 3.8) is 0 Å². The minimum Gasteiger partial charge on any atom is -0.396 e. The van der Waals surface area contributed by atoms with E-state index >= 15 is 0 Å². The van der Waals surface area contributed by atoms with Gasteiger partial charge >= 0.3 is 0 Å². The zero-order chi connectivity index (χ0) is 13.5. The summed E-state index contributed by atoms with van der Waals surface area (Å²) in [5.74, 6) is 0. The van der Waals surface area contributed by atoms with E-state index in [2.05, 4.69) is 19.9 Å². The fraction of sp³-hybridized carbons (Fsp3) is 0.867. The Morgan fingerprint density at radius 2 is 2.21 bits per heavy atom. The number of hydrogen-bond acceptors (Lipinski definition) is 4. The monoisotopic (exact) mass is 266 g/mol. The molecule has 106 valence electrons. The number of fused-ring (bicyclic) bond motifs is 2. The van der Waals surface area contributed by atoms with Gasteiger partial charge in [0.15, 0.2) is 0 Å². The Morgan fingerprint density at radius 1 is 1.47 bits per heavy atom. The second-order valence-corrected chi connectivity index (χ2v) is 7.09. The topological polar surface area (TPSA) is 62.2 Å². The molecule has 2 N–H and O–H groups in total. The molecule has 2 heterocycles. The van der Waals surface area contributed by atoms with Crippen LogP contribution in [0.4, 0.5) is 0 Å². The predicted octanol–water partition coefficient (Wildman–Crippen LogP) is 1.01. The second-order valence-electron chi connectivity index (χ2n) is 7.09. The lowest BCUT2D eigenvalue weighted by atomic mass is 9.52. The summed E-state index contributed by atoms with van der Waals surface area (Å²) in [6.07, 6.45) is 3.93. The van der Waals surface area contributed by atoms with E-state index in [1.54, 1.807) is 0 Å². The van der Waals surface area contributed by atoms with Crippen molar-refractivity contribution in [2.24, 2.45) is 10.8 Å². The minimum atomic E-state index is -0.477. The Morgan fingerprint density at radius 3 is 2.84 bits per heavy atom. The molecule has 0 aromatic heterocycles. The van der Waals surface area contributed by atoms with Crippen LogP contribution in [0.3, 0.4) is 0 Å². The molecular formula is C15H22O4. The van der Waals surface area contributed by atoms with Crippen LogP contribution >= 0.6 is 0 Å². The van der Waals surface area contributed by atoms with Crippen LogP contribution in [0, 0.1) is 10.8 Å². The van der Waals surface area contributed by atoms with Gasteiger partial charge in [0.05, 0.1) is 25.4 Å². The van der Waals surface area contributed by atoms with Gasteiger partial charge in [-0.1, -0.05) is 18.6 Å². The predicted molar refractivity (Wildman–Crippen MR) is 68.6 cm³/mol. The number of aliphatic hydroxyl groups excluding tert-OH is 2. The summed E-state index contributed by atoms with van der Waals surface area (Å²) >= 11 is 0. The van der Waals surface area contributed by atoms with Gasteiger partial charge in [-0.25, -0.2) is 0 Å². The summed E-state index contributed by atoms with van der Waals surface area (Å²) in [7, 11) is 0. The highest BCUT2D eigenvalue weighted by molar-refractivity contribution is 5.31. The maximum absolute atomic E-state index is 10.4. The Kier molecular flexibility index (Phi) is 2.22. The Labute approximate surface area is 113 Å². The van der Waals surface area contributed by atoms with Crippen molar-refractivity contribution < 1.29 is 19.7 Å². The maximum Gasteiger partial charge on any atom is 0.126 e. The molecule has 4 heteroatoms. The van der Waals surface area contributed by atoms with Gasteiger partial charge in [-0.3, -0.25) is 0 Å². The van der Waals surface area contributed by atoms with Crippen molar-refractivity contribution in [3.8, 4) is 0 Å². The normalized spacial score (nSPS) is 58.9. The molecule has 2 aliphatic heterocycles. The largest absolute Gasteiger partial charge is 0.396 e. The van der Waals surface area contributed by atoms with Crippen molar-refractivity contribution >= 4 is 0 Å². The highest BCUT2D eigenvalue weighted by atomic mass is 16.6. The van der Waals surface area contributed by atoms with E-state index in [0.717, 1.165) is 12.8 Å². The molecule has 0 aromatic rings. The molecular weight excluding hydrogens is 244 g/mol. The molecule has 19 heavy (non-hydrogen) atoms. The number of ether oxygens (including phenoxy) is 2. The molecule has 4 aliphatic rings. The summed E-state index contributed by atoms with van der Waals surface area (Å²) in [6, 6.07) is 0. The van der Waals surface area contributed by atoms with E-state index in [9.17, 15) is 10.2 Å². The highest BCUT2D eigenvalue weighted by Crippen LogP contribution is 2.71. The second kappa shape index (κ2) is 3.42. The van der Waals surface area contributed by atoms with Crippen molar-refractivity contribution in [2.75, 3.05) is 13.2 Å². The quantitative estimate of drug-likeness (QED) is 0.549. The van der Waals surface area contributed by atoms with Crippen LogP contribution in [-0.2, 0) is 9.47 Å². The molecule has 2 aliphatic carbocycles. The Hall–Kier alpha value is -0.420. The van der Waals surface area contributed by atoms with Crippen molar-refractivity contribution in [2.45, 2.75) is 57.0 Å². The standard InChI is InChI=1S/C15H22O4/c1-9-3-4-14(7-16)11(5-9)19-12-10(17)6-13(14,2)15(12)8-18-15/h5,10-12,16-17H,3-4,6-8H2,1-2H3/t10-,11+,12+,13+,14+,15-/m1/s1. The van der Waals surface area contributed by atoms with Gasteiger partial charge in [-0.05, 0) is 26.2 Å². The SMILES string of the molecule is CC1=C[C@@H]2O[C@H]3[C@H](O)C[C@@](C)([C@]2(CO)CC1)[C@@]31CO1. The van der Waals surface area contributed by atoms with Gasteiger partial charge in [-0.2, -0.15) is 0 Å². The number of epoxide rings is 1. The average molecular weight is 266 g/mol. The molecule has 0 aromatic carbocycles. The lowest BCUT2D eigenvalue weighted by molar-refractivity contribution is -0.216. The van der Waals surface area contributed by atoms with E-state index in [1.807, 2.05) is 0 Å². The minimum absolute atomic E-state index is 0.0896. The summed E-state index contributed by atoms with van der Waals surface area (Å²) in [6.45, 7) is 5.05. The number of hydrogen-bond donors (Lipinski definition) is 2. The van der Waals surface area contributed by atoms with Gasteiger partial charge in [-0.15, -0.1) is 0 Å². The molecule has 0 amide bonds. The zero-order valence-electron chi connectivity index (χ0n) is 11.6. The zero-order valence-corrected chi connectivity index (χ0v) is 11.6. The highest BCUT2D eigenvalue weighted by Gasteiger charge is 2.80. The van der Waals surface area contributed by atoms with E-state index in [1.165, 1.54) is 5.57 Å². The molecule has 3 fully saturated rings. The lowest BCUT2D eigenvalue weighted by Gasteiger charge is -2.57. The van der Waals surface area contributed by atoms with Crippen LogP contribution in [0.2, 0.25) is 0 Å². The number of allylic oxidation sites excluding steroid dienone is 1. The van der Waals surface area contributed by atoms with Crippen LogP contribution in [0.1, 0.15) is 33.1 Å². The van der Waals surface area contributed by atoms with Gasteiger partial charge in [0.1, 0.15) is 11.7 Å². The molecule has 1 spiro atoms. The molecule has 4 nitrogen and oxygen atoms in total. The first kappa shape index (κ1) is 12.3. The fourth-order valence-corrected chi connectivity index (χ4v) is 5.03. The molecule has 2 saturated heterocycles. The maximum atomic E-state index is 10.4. The lowest BCUT2D eigenvalue weighted by Crippen LogP contribution is -2.64. The number of rotatable bonds is 1. The first-order chi connectivity index (χ1) is 8.99. The van der Waals surface area contributed by atoms with Crippen LogP contribution in [0.25, 0.3) is 0 Å². The third kappa shape index (κ3) is 1.16. The summed E-state index contributed by atoms with van der Waals surface area (Å²) < 4.78 is 12.0. The van der Waals surface area contributed by atoms with E-state index in [4.69, 9.17) is 9.47 Å².